The van der Waals surface area contributed by atoms with Crippen LogP contribution >= 0.6 is 7.82 Å². The second-order valence-corrected chi connectivity index (χ2v) is 14.4. The molecule has 0 radical (unpaired) electrons. The number of aliphatic hydroxyl groups is 1. The van der Waals surface area contributed by atoms with Gasteiger partial charge in [0.1, 0.15) is 6.61 Å². The van der Waals surface area contributed by atoms with E-state index in [1.807, 2.05) is 13.0 Å². The van der Waals surface area contributed by atoms with E-state index in [2.05, 4.69) is 61.6 Å². The number of ether oxygens (including phenoxy) is 2. The third-order valence-corrected chi connectivity index (χ3v) is 9.02. The van der Waals surface area contributed by atoms with E-state index >= 15 is 0 Å². The van der Waals surface area contributed by atoms with Crippen molar-refractivity contribution in [2.24, 2.45) is 5.73 Å². The molecule has 0 saturated carbocycles. The number of unbranched alkanes of at least 4 members (excludes halogenated alkanes) is 10. The quantitative estimate of drug-likeness (QED) is 0.0244. The van der Waals surface area contributed by atoms with Gasteiger partial charge in [0, 0.05) is 19.4 Å². The maximum atomic E-state index is 12.5. The lowest BCUT2D eigenvalue weighted by atomic mass is 10.1. The summed E-state index contributed by atoms with van der Waals surface area (Å²) in [5.41, 5.74) is 5.33. The van der Waals surface area contributed by atoms with Gasteiger partial charge in [0.05, 0.1) is 19.3 Å². The van der Waals surface area contributed by atoms with Gasteiger partial charge in [0.2, 0.25) is 0 Å². The number of phosphoric acid groups is 1. The molecule has 0 rings (SSSR count). The van der Waals surface area contributed by atoms with E-state index in [1.54, 1.807) is 0 Å². The summed E-state index contributed by atoms with van der Waals surface area (Å²) in [5.74, 6) is -0.929. The third kappa shape index (κ3) is 36.0. The van der Waals surface area contributed by atoms with Gasteiger partial charge in [-0.25, -0.2) is 4.57 Å². The number of hydrogen-bond donors (Lipinski definition) is 3. The summed E-state index contributed by atoms with van der Waals surface area (Å²) in [7, 11) is -4.40. The lowest BCUT2D eigenvalue weighted by molar-refractivity contribution is -0.161. The van der Waals surface area contributed by atoms with Gasteiger partial charge in [-0.15, -0.1) is 0 Å². The highest BCUT2D eigenvalue weighted by atomic mass is 31.2. The van der Waals surface area contributed by atoms with E-state index in [0.717, 1.165) is 77.0 Å². The van der Waals surface area contributed by atoms with E-state index in [1.165, 1.54) is 25.7 Å². The molecule has 0 spiro atoms. The van der Waals surface area contributed by atoms with Crippen molar-refractivity contribution in [1.29, 1.82) is 0 Å². The van der Waals surface area contributed by atoms with Gasteiger partial charge in [-0.3, -0.25) is 18.6 Å². The molecule has 0 aromatic heterocycles. The molecule has 300 valence electrons. The number of carbonyl (C=O) groups is 2. The maximum absolute atomic E-state index is 12.5. The number of carbonyl (C=O) groups excluding carboxylic acids is 2. The Morgan fingerprint density at radius 2 is 1.17 bits per heavy atom. The van der Waals surface area contributed by atoms with Crippen LogP contribution < -0.4 is 5.73 Å². The van der Waals surface area contributed by atoms with Crippen LogP contribution in [0.15, 0.2) is 60.8 Å². The van der Waals surface area contributed by atoms with Crippen molar-refractivity contribution in [3.05, 3.63) is 60.8 Å². The van der Waals surface area contributed by atoms with E-state index in [9.17, 15) is 24.2 Å². The average Bonchev–Trinajstić information content (AvgIpc) is 3.13. The van der Waals surface area contributed by atoms with Crippen LogP contribution in [0.3, 0.4) is 0 Å². The molecular formula is C41H72NO9P. The molecule has 0 aromatic carbocycles. The molecule has 3 atom stereocenters. The molecule has 10 nitrogen and oxygen atoms in total. The van der Waals surface area contributed by atoms with Crippen molar-refractivity contribution < 1.29 is 42.7 Å². The predicted molar refractivity (Wildman–Crippen MR) is 212 cm³/mol. The fraction of sp³-hybridized carbons (Fsp3) is 0.707. The number of hydrogen-bond acceptors (Lipinski definition) is 9. The molecule has 52 heavy (non-hydrogen) atoms. The second-order valence-electron chi connectivity index (χ2n) is 12.9. The largest absolute Gasteiger partial charge is 0.472 e. The SMILES string of the molecule is CCCCCC/C=C\CCCCCCCC(=O)O[C@H](COC(=O)CCC/C=C\C/C=C\C/C=C\C/C=C\CC[C@@H](O)CC)COP(=O)(O)OCCN. The summed E-state index contributed by atoms with van der Waals surface area (Å²) < 4.78 is 32.6. The summed E-state index contributed by atoms with van der Waals surface area (Å²) >= 11 is 0. The molecule has 11 heteroatoms. The molecule has 0 fully saturated rings. The molecule has 0 saturated heterocycles. The first-order chi connectivity index (χ1) is 25.2. The van der Waals surface area contributed by atoms with Crippen molar-refractivity contribution in [2.45, 2.75) is 161 Å². The van der Waals surface area contributed by atoms with E-state index in [-0.39, 0.29) is 38.7 Å². The first-order valence-corrected chi connectivity index (χ1v) is 21.3. The standard InChI is InChI=1S/C41H72NO9P/c1-3-5-6-7-8-9-10-13-18-21-24-27-30-33-41(45)51-39(37-50-52(46,47)49-35-34-42)36-48-40(44)32-29-26-23-20-17-15-12-11-14-16-19-22-25-28-31-38(43)4-2/h9-10,12,14-16,20,22-23,25,38-39,43H,3-8,11,13,17-19,21,24,26-37,42H2,1-2H3,(H,46,47)/b10-9-,15-12-,16-14-,23-20-,25-22-/t38-,39+/m0/s1. The molecule has 0 aliphatic carbocycles. The molecule has 4 N–H and O–H groups in total. The Morgan fingerprint density at radius 3 is 1.79 bits per heavy atom. The molecule has 0 bridgehead atoms. The number of nitrogens with two attached hydrogens (primary N) is 1. The molecule has 0 aliphatic rings. The van der Waals surface area contributed by atoms with Gasteiger partial charge in [0.25, 0.3) is 0 Å². The Balaban J connectivity index is 4.33. The Morgan fingerprint density at radius 1 is 0.654 bits per heavy atom. The molecular weight excluding hydrogens is 681 g/mol. The molecule has 0 aliphatic heterocycles. The number of rotatable bonds is 36. The van der Waals surface area contributed by atoms with Crippen LogP contribution in [0, 0.1) is 0 Å². The van der Waals surface area contributed by atoms with Crippen LogP contribution in [0.4, 0.5) is 0 Å². The topological polar surface area (TPSA) is 155 Å². The smallest absolute Gasteiger partial charge is 0.462 e. The Labute approximate surface area is 315 Å². The van der Waals surface area contributed by atoms with Crippen LogP contribution in [0.1, 0.15) is 149 Å². The summed E-state index contributed by atoms with van der Waals surface area (Å²) in [6, 6.07) is 0. The number of aliphatic hydroxyl groups excluding tert-OH is 1. The zero-order chi connectivity index (χ0) is 38.4. The monoisotopic (exact) mass is 753 g/mol. The van der Waals surface area contributed by atoms with Gasteiger partial charge in [-0.05, 0) is 83.5 Å². The highest BCUT2D eigenvalue weighted by molar-refractivity contribution is 7.47. The normalized spacial score (nSPS) is 14.6. The fourth-order valence-electron chi connectivity index (χ4n) is 4.89. The zero-order valence-electron chi connectivity index (χ0n) is 32.4. The number of allylic oxidation sites excluding steroid dienone is 10. The van der Waals surface area contributed by atoms with Crippen molar-refractivity contribution in [3.63, 3.8) is 0 Å². The predicted octanol–water partition coefficient (Wildman–Crippen LogP) is 9.91. The Hall–Kier alpha value is -2.33. The Kier molecular flexibility index (Phi) is 35.3. The maximum Gasteiger partial charge on any atom is 0.472 e. The summed E-state index contributed by atoms with van der Waals surface area (Å²) in [4.78, 5) is 34.7. The van der Waals surface area contributed by atoms with Gasteiger partial charge in [-0.2, -0.15) is 0 Å². The summed E-state index contributed by atoms with van der Waals surface area (Å²) in [6.45, 7) is 3.33. The third-order valence-electron chi connectivity index (χ3n) is 8.04. The average molecular weight is 754 g/mol. The number of phosphoric ester groups is 1. The van der Waals surface area contributed by atoms with Gasteiger partial charge in [-0.1, -0.05) is 113 Å². The van der Waals surface area contributed by atoms with Crippen LogP contribution in [0.2, 0.25) is 0 Å². The highest BCUT2D eigenvalue weighted by Gasteiger charge is 2.25. The lowest BCUT2D eigenvalue weighted by Crippen LogP contribution is -2.29. The van der Waals surface area contributed by atoms with Crippen LogP contribution in [-0.4, -0.2) is 60.5 Å². The van der Waals surface area contributed by atoms with Gasteiger partial charge >= 0.3 is 19.8 Å². The van der Waals surface area contributed by atoms with E-state index in [4.69, 9.17) is 24.3 Å². The lowest BCUT2D eigenvalue weighted by Gasteiger charge is -2.19. The minimum Gasteiger partial charge on any atom is -0.462 e. The fourth-order valence-corrected chi connectivity index (χ4v) is 5.66. The van der Waals surface area contributed by atoms with Crippen molar-refractivity contribution in [2.75, 3.05) is 26.4 Å². The van der Waals surface area contributed by atoms with Gasteiger partial charge in [0.15, 0.2) is 6.10 Å². The molecule has 0 aromatic rings. The molecule has 0 heterocycles. The minimum atomic E-state index is -4.40. The first kappa shape index (κ1) is 49.7. The van der Waals surface area contributed by atoms with Crippen LogP contribution in [0.25, 0.3) is 0 Å². The van der Waals surface area contributed by atoms with Crippen LogP contribution in [-0.2, 0) is 32.7 Å². The van der Waals surface area contributed by atoms with E-state index < -0.39 is 32.5 Å². The minimum absolute atomic E-state index is 0.0370. The van der Waals surface area contributed by atoms with Crippen molar-refractivity contribution >= 4 is 19.8 Å². The highest BCUT2D eigenvalue weighted by Crippen LogP contribution is 2.43. The van der Waals surface area contributed by atoms with Gasteiger partial charge < -0.3 is 25.2 Å². The van der Waals surface area contributed by atoms with Crippen molar-refractivity contribution in [1.82, 2.24) is 0 Å². The summed E-state index contributed by atoms with van der Waals surface area (Å²) in [6.07, 6.45) is 39.1. The van der Waals surface area contributed by atoms with E-state index in [0.29, 0.717) is 19.3 Å². The summed E-state index contributed by atoms with van der Waals surface area (Å²) in [5, 5.41) is 9.54. The second kappa shape index (κ2) is 37.0. The van der Waals surface area contributed by atoms with Crippen LogP contribution in [0.5, 0.6) is 0 Å². The molecule has 1 unspecified atom stereocenters. The zero-order valence-corrected chi connectivity index (χ0v) is 33.3. The number of esters is 2. The Bertz CT molecular complexity index is 1060. The first-order valence-electron chi connectivity index (χ1n) is 19.8. The van der Waals surface area contributed by atoms with Crippen molar-refractivity contribution in [3.8, 4) is 0 Å². The molecule has 0 amide bonds.